The molecule has 2 aromatic carbocycles. The first-order chi connectivity index (χ1) is 11.7. The van der Waals surface area contributed by atoms with Crippen molar-refractivity contribution in [3.63, 3.8) is 0 Å². The Hall–Kier alpha value is -2.11. The van der Waals surface area contributed by atoms with Crippen LogP contribution >= 0.6 is 0 Å². The van der Waals surface area contributed by atoms with E-state index in [9.17, 15) is 9.50 Å². The Morgan fingerprint density at radius 2 is 2.00 bits per heavy atom. The normalized spacial score (nSPS) is 18.2. The van der Waals surface area contributed by atoms with Gasteiger partial charge >= 0.3 is 0 Å². The second-order valence-electron chi connectivity index (χ2n) is 5.91. The molecule has 24 heavy (non-hydrogen) atoms. The van der Waals surface area contributed by atoms with Crippen LogP contribution in [-0.4, -0.2) is 31.0 Å². The first kappa shape index (κ1) is 16.7. The lowest BCUT2D eigenvalue weighted by Gasteiger charge is -2.20. The highest BCUT2D eigenvalue weighted by molar-refractivity contribution is 5.36. The third-order valence-electron chi connectivity index (χ3n) is 4.05. The van der Waals surface area contributed by atoms with Crippen molar-refractivity contribution in [3.8, 4) is 11.5 Å². The van der Waals surface area contributed by atoms with Gasteiger partial charge in [-0.15, -0.1) is 0 Å². The summed E-state index contributed by atoms with van der Waals surface area (Å²) in [6.45, 7) is 1.29. The number of hydrogen-bond donors (Lipinski definition) is 2. The minimum Gasteiger partial charge on any atom is -0.493 e. The molecule has 0 fully saturated rings. The molecule has 0 aromatic heterocycles. The molecule has 2 N–H and O–H groups in total. The molecule has 0 bridgehead atoms. The second-order valence-corrected chi connectivity index (χ2v) is 5.91. The van der Waals surface area contributed by atoms with Crippen LogP contribution in [0.15, 0.2) is 48.5 Å². The molecule has 1 heterocycles. The molecule has 1 aliphatic rings. The smallest absolute Gasteiger partial charge is 0.124 e. The molecule has 0 spiro atoms. The monoisotopic (exact) mass is 331 g/mol. The van der Waals surface area contributed by atoms with E-state index in [1.807, 2.05) is 18.2 Å². The van der Waals surface area contributed by atoms with Gasteiger partial charge in [-0.05, 0) is 43.2 Å². The summed E-state index contributed by atoms with van der Waals surface area (Å²) in [6.07, 6.45) is 1.28. The highest BCUT2D eigenvalue weighted by Crippen LogP contribution is 2.30. The topological polar surface area (TPSA) is 50.7 Å². The van der Waals surface area contributed by atoms with Crippen LogP contribution in [0.3, 0.4) is 0 Å². The van der Waals surface area contributed by atoms with Crippen molar-refractivity contribution in [2.45, 2.75) is 25.0 Å². The van der Waals surface area contributed by atoms with Crippen molar-refractivity contribution >= 4 is 0 Å². The number of fused-ring (bicyclic) bond motifs is 1. The summed E-state index contributed by atoms with van der Waals surface area (Å²) in [6, 6.07) is 13.9. The van der Waals surface area contributed by atoms with Crippen molar-refractivity contribution in [2.24, 2.45) is 0 Å². The number of aliphatic hydroxyl groups excluding tert-OH is 1. The Labute approximate surface area is 141 Å². The van der Waals surface area contributed by atoms with E-state index in [1.165, 1.54) is 12.1 Å². The fourth-order valence-electron chi connectivity index (χ4n) is 2.80. The predicted octanol–water partition coefficient (Wildman–Crippen LogP) is 3.07. The molecule has 0 radical (unpaired) electrons. The Morgan fingerprint density at radius 3 is 2.83 bits per heavy atom. The summed E-state index contributed by atoms with van der Waals surface area (Å²) in [7, 11) is 0. The van der Waals surface area contributed by atoms with Crippen LogP contribution in [0, 0.1) is 5.82 Å². The van der Waals surface area contributed by atoms with Gasteiger partial charge in [-0.1, -0.05) is 18.2 Å². The van der Waals surface area contributed by atoms with Crippen LogP contribution in [0.4, 0.5) is 4.39 Å². The zero-order chi connectivity index (χ0) is 16.8. The van der Waals surface area contributed by atoms with Gasteiger partial charge in [0.15, 0.2) is 0 Å². The van der Waals surface area contributed by atoms with Crippen LogP contribution in [-0.2, 0) is 0 Å². The van der Waals surface area contributed by atoms with Crippen molar-refractivity contribution < 1.29 is 19.0 Å². The SMILES string of the molecule is OC(CNC1CCCOc2ccccc21)COc1ccc(F)cc1. The van der Waals surface area contributed by atoms with Crippen molar-refractivity contribution in [1.82, 2.24) is 5.32 Å². The Kier molecular flexibility index (Phi) is 5.67. The standard InChI is InChI=1S/C19H22FNO3/c20-14-7-9-16(10-8-14)24-13-15(22)12-21-18-5-3-11-23-19-6-2-1-4-17(18)19/h1-2,4,6-10,15,18,21-22H,3,5,11-13H2. The van der Waals surface area contributed by atoms with Gasteiger partial charge in [-0.3, -0.25) is 0 Å². The van der Waals surface area contributed by atoms with E-state index >= 15 is 0 Å². The molecule has 0 aliphatic carbocycles. The van der Waals surface area contributed by atoms with Crippen LogP contribution in [0.1, 0.15) is 24.4 Å². The van der Waals surface area contributed by atoms with Crippen LogP contribution in [0.5, 0.6) is 11.5 Å². The van der Waals surface area contributed by atoms with Gasteiger partial charge in [0.2, 0.25) is 0 Å². The summed E-state index contributed by atoms with van der Waals surface area (Å²) in [5.41, 5.74) is 1.13. The molecule has 2 aromatic rings. The average Bonchev–Trinajstić information content (AvgIpc) is 2.82. The molecule has 3 rings (SSSR count). The molecule has 0 saturated carbocycles. The van der Waals surface area contributed by atoms with Gasteiger partial charge in [-0.25, -0.2) is 4.39 Å². The van der Waals surface area contributed by atoms with Crippen molar-refractivity contribution in [2.75, 3.05) is 19.8 Å². The first-order valence-electron chi connectivity index (χ1n) is 8.24. The average molecular weight is 331 g/mol. The van der Waals surface area contributed by atoms with E-state index in [0.29, 0.717) is 18.9 Å². The Balaban J connectivity index is 1.50. The zero-order valence-electron chi connectivity index (χ0n) is 13.5. The molecule has 4 nitrogen and oxygen atoms in total. The summed E-state index contributed by atoms with van der Waals surface area (Å²) in [4.78, 5) is 0. The number of benzene rings is 2. The highest BCUT2D eigenvalue weighted by Gasteiger charge is 2.19. The molecule has 0 saturated heterocycles. The number of hydrogen-bond acceptors (Lipinski definition) is 4. The van der Waals surface area contributed by atoms with E-state index in [0.717, 1.165) is 24.2 Å². The molecule has 2 atom stereocenters. The number of rotatable bonds is 6. The lowest BCUT2D eigenvalue weighted by atomic mass is 10.0. The Bertz CT molecular complexity index is 647. The summed E-state index contributed by atoms with van der Waals surface area (Å²) in [5, 5.41) is 13.5. The molecule has 0 amide bonds. The van der Waals surface area contributed by atoms with Crippen molar-refractivity contribution in [1.29, 1.82) is 0 Å². The van der Waals surface area contributed by atoms with Gasteiger partial charge in [-0.2, -0.15) is 0 Å². The van der Waals surface area contributed by atoms with Crippen molar-refractivity contribution in [3.05, 3.63) is 59.9 Å². The van der Waals surface area contributed by atoms with Gasteiger partial charge in [0.05, 0.1) is 6.61 Å². The minimum absolute atomic E-state index is 0.156. The third-order valence-corrected chi connectivity index (χ3v) is 4.05. The van der Waals surface area contributed by atoms with Crippen LogP contribution < -0.4 is 14.8 Å². The number of halogens is 1. The number of ether oxygens (including phenoxy) is 2. The van der Waals surface area contributed by atoms with Gasteiger partial charge in [0.25, 0.3) is 0 Å². The van der Waals surface area contributed by atoms with E-state index in [4.69, 9.17) is 9.47 Å². The Morgan fingerprint density at radius 1 is 1.21 bits per heavy atom. The summed E-state index contributed by atoms with van der Waals surface area (Å²) in [5.74, 6) is 1.15. The summed E-state index contributed by atoms with van der Waals surface area (Å²) >= 11 is 0. The van der Waals surface area contributed by atoms with E-state index in [2.05, 4.69) is 11.4 Å². The zero-order valence-corrected chi connectivity index (χ0v) is 13.5. The maximum Gasteiger partial charge on any atom is 0.124 e. The molecular formula is C19H22FNO3. The fraction of sp³-hybridized carbons (Fsp3) is 0.368. The maximum atomic E-state index is 12.8. The molecule has 5 heteroatoms. The maximum absolute atomic E-state index is 12.8. The lowest BCUT2D eigenvalue weighted by Crippen LogP contribution is -2.33. The van der Waals surface area contributed by atoms with Gasteiger partial charge < -0.3 is 19.9 Å². The number of aliphatic hydroxyl groups is 1. The minimum atomic E-state index is -0.647. The third kappa shape index (κ3) is 4.46. The van der Waals surface area contributed by atoms with Crippen LogP contribution in [0.2, 0.25) is 0 Å². The largest absolute Gasteiger partial charge is 0.493 e. The predicted molar refractivity (Wildman–Crippen MR) is 89.8 cm³/mol. The second kappa shape index (κ2) is 8.13. The van der Waals surface area contributed by atoms with E-state index < -0.39 is 6.10 Å². The first-order valence-corrected chi connectivity index (χ1v) is 8.24. The number of para-hydroxylation sites is 1. The van der Waals surface area contributed by atoms with E-state index in [1.54, 1.807) is 12.1 Å². The molecule has 128 valence electrons. The molecular weight excluding hydrogens is 309 g/mol. The highest BCUT2D eigenvalue weighted by atomic mass is 19.1. The molecule has 1 aliphatic heterocycles. The van der Waals surface area contributed by atoms with Crippen LogP contribution in [0.25, 0.3) is 0 Å². The fourth-order valence-corrected chi connectivity index (χ4v) is 2.80. The summed E-state index contributed by atoms with van der Waals surface area (Å²) < 4.78 is 24.1. The van der Waals surface area contributed by atoms with Gasteiger partial charge in [0.1, 0.15) is 30.0 Å². The number of nitrogens with one attached hydrogen (secondary N) is 1. The quantitative estimate of drug-likeness (QED) is 0.854. The molecule has 2 unspecified atom stereocenters. The van der Waals surface area contributed by atoms with Gasteiger partial charge in [0, 0.05) is 18.2 Å². The lowest BCUT2D eigenvalue weighted by molar-refractivity contribution is 0.103. The van der Waals surface area contributed by atoms with E-state index in [-0.39, 0.29) is 18.5 Å².